The largest absolute Gasteiger partial charge is 0.454 e. The molecule has 0 saturated carbocycles. The van der Waals surface area contributed by atoms with Crippen LogP contribution in [-0.2, 0) is 6.42 Å². The summed E-state index contributed by atoms with van der Waals surface area (Å²) >= 11 is 1.88. The topological polar surface area (TPSA) is 18.5 Å². The van der Waals surface area contributed by atoms with Gasteiger partial charge in [-0.2, -0.15) is 0 Å². The first-order chi connectivity index (χ1) is 12.3. The van der Waals surface area contributed by atoms with Crippen molar-refractivity contribution in [1.82, 2.24) is 0 Å². The van der Waals surface area contributed by atoms with Crippen LogP contribution in [0.5, 0.6) is 11.5 Å². The molecule has 1 atom stereocenters. The molecule has 2 heterocycles. The van der Waals surface area contributed by atoms with Crippen LogP contribution < -0.4 is 9.47 Å². The van der Waals surface area contributed by atoms with Gasteiger partial charge in [-0.25, -0.2) is 0 Å². The summed E-state index contributed by atoms with van der Waals surface area (Å²) in [5.74, 6) is 2.02. The van der Waals surface area contributed by atoms with E-state index >= 15 is 0 Å². The molecule has 5 rings (SSSR count). The Balaban J connectivity index is 1.47. The maximum atomic E-state index is 5.53. The lowest BCUT2D eigenvalue weighted by Crippen LogP contribution is -2.03. The fourth-order valence-corrected chi connectivity index (χ4v) is 4.61. The molecule has 2 aliphatic heterocycles. The van der Waals surface area contributed by atoms with Gasteiger partial charge in [0.05, 0.1) is 0 Å². The highest BCUT2D eigenvalue weighted by molar-refractivity contribution is 7.99. The predicted octanol–water partition coefficient (Wildman–Crippen LogP) is 5.62. The Labute approximate surface area is 151 Å². The third-order valence-electron chi connectivity index (χ3n) is 5.05. The Kier molecular flexibility index (Phi) is 3.49. The van der Waals surface area contributed by atoms with E-state index in [4.69, 9.17) is 9.47 Å². The van der Waals surface area contributed by atoms with Crippen molar-refractivity contribution >= 4 is 11.8 Å². The lowest BCUT2D eigenvalue weighted by atomic mass is 9.90. The Hall–Kier alpha value is -2.39. The maximum Gasteiger partial charge on any atom is 0.231 e. The van der Waals surface area contributed by atoms with Crippen LogP contribution in [0.25, 0.3) is 0 Å². The molecule has 0 fully saturated rings. The van der Waals surface area contributed by atoms with Gasteiger partial charge in [0.1, 0.15) is 0 Å². The SMILES string of the molecule is CC(c1ccc2c(c1)Cc1ccccc1S2)c1ccc2c(c1)OCO2. The van der Waals surface area contributed by atoms with Crippen molar-refractivity contribution in [3.05, 3.63) is 82.9 Å². The van der Waals surface area contributed by atoms with Crippen molar-refractivity contribution in [3.63, 3.8) is 0 Å². The molecule has 3 aromatic carbocycles. The standard InChI is InChI=1S/C22H18O2S/c1-14(16-6-8-19-20(12-16)24-13-23-19)15-7-9-22-18(10-15)11-17-4-2-3-5-21(17)25-22/h2-10,12,14H,11,13H2,1H3. The molecular formula is C22H18O2S. The van der Waals surface area contributed by atoms with E-state index in [-0.39, 0.29) is 0 Å². The van der Waals surface area contributed by atoms with Gasteiger partial charge in [-0.05, 0) is 52.9 Å². The first kappa shape index (κ1) is 14.9. The second-order valence-corrected chi connectivity index (χ2v) is 7.67. The van der Waals surface area contributed by atoms with Crippen LogP contribution in [0.1, 0.15) is 35.1 Å². The molecule has 0 aliphatic carbocycles. The van der Waals surface area contributed by atoms with Crippen LogP contribution in [-0.4, -0.2) is 6.79 Å². The first-order valence-corrected chi connectivity index (χ1v) is 9.38. The molecule has 0 aromatic heterocycles. The number of fused-ring (bicyclic) bond motifs is 3. The molecule has 0 radical (unpaired) electrons. The summed E-state index contributed by atoms with van der Waals surface area (Å²) in [5, 5.41) is 0. The lowest BCUT2D eigenvalue weighted by molar-refractivity contribution is 0.174. The monoisotopic (exact) mass is 346 g/mol. The summed E-state index contributed by atoms with van der Waals surface area (Å²) < 4.78 is 11.0. The molecule has 2 nitrogen and oxygen atoms in total. The van der Waals surface area contributed by atoms with Crippen LogP contribution in [0, 0.1) is 0 Å². The van der Waals surface area contributed by atoms with E-state index in [1.807, 2.05) is 17.8 Å². The summed E-state index contributed by atoms with van der Waals surface area (Å²) in [7, 11) is 0. The van der Waals surface area contributed by atoms with Crippen LogP contribution >= 0.6 is 11.8 Å². The normalized spacial score (nSPS) is 15.4. The van der Waals surface area contributed by atoms with Crippen LogP contribution in [0.2, 0.25) is 0 Å². The van der Waals surface area contributed by atoms with E-state index in [2.05, 4.69) is 61.5 Å². The zero-order chi connectivity index (χ0) is 16.8. The molecule has 3 heteroatoms. The number of hydrogen-bond acceptors (Lipinski definition) is 3. The molecule has 0 amide bonds. The molecule has 2 aliphatic rings. The van der Waals surface area contributed by atoms with Crippen molar-refractivity contribution in [2.75, 3.05) is 6.79 Å². The van der Waals surface area contributed by atoms with Gasteiger partial charge in [0.15, 0.2) is 11.5 Å². The third-order valence-corrected chi connectivity index (χ3v) is 6.29. The minimum absolute atomic E-state index is 0.321. The van der Waals surface area contributed by atoms with Gasteiger partial charge in [0, 0.05) is 15.7 Å². The number of hydrogen-bond donors (Lipinski definition) is 0. The average molecular weight is 346 g/mol. The van der Waals surface area contributed by atoms with Crippen molar-refractivity contribution in [3.8, 4) is 11.5 Å². The Bertz CT molecular complexity index is 964. The minimum Gasteiger partial charge on any atom is -0.454 e. The predicted molar refractivity (Wildman–Crippen MR) is 99.9 cm³/mol. The van der Waals surface area contributed by atoms with Crippen molar-refractivity contribution in [1.29, 1.82) is 0 Å². The fraction of sp³-hybridized carbons (Fsp3) is 0.182. The van der Waals surface area contributed by atoms with E-state index in [0.717, 1.165) is 17.9 Å². The average Bonchev–Trinajstić information content (AvgIpc) is 3.13. The maximum absolute atomic E-state index is 5.53. The summed E-state index contributed by atoms with van der Waals surface area (Å²) in [5.41, 5.74) is 5.45. The Morgan fingerprint density at radius 3 is 2.52 bits per heavy atom. The van der Waals surface area contributed by atoms with E-state index in [9.17, 15) is 0 Å². The van der Waals surface area contributed by atoms with Crippen molar-refractivity contribution in [2.45, 2.75) is 29.1 Å². The van der Waals surface area contributed by atoms with E-state index in [0.29, 0.717) is 12.7 Å². The minimum atomic E-state index is 0.321. The number of rotatable bonds is 2. The number of ether oxygens (including phenoxy) is 2. The molecular weight excluding hydrogens is 328 g/mol. The first-order valence-electron chi connectivity index (χ1n) is 8.56. The summed E-state index contributed by atoms with van der Waals surface area (Å²) in [6, 6.07) is 21.9. The second-order valence-electron chi connectivity index (χ2n) is 6.59. The number of benzene rings is 3. The van der Waals surface area contributed by atoms with Gasteiger partial charge in [-0.15, -0.1) is 0 Å². The van der Waals surface area contributed by atoms with Crippen LogP contribution in [0.3, 0.4) is 0 Å². The molecule has 0 spiro atoms. The quantitative estimate of drug-likeness (QED) is 0.469. The van der Waals surface area contributed by atoms with E-state index in [1.165, 1.54) is 32.0 Å². The molecule has 3 aromatic rings. The highest BCUT2D eigenvalue weighted by Gasteiger charge is 2.20. The Morgan fingerprint density at radius 2 is 1.56 bits per heavy atom. The molecule has 0 saturated heterocycles. The zero-order valence-corrected chi connectivity index (χ0v) is 14.8. The lowest BCUT2D eigenvalue weighted by Gasteiger charge is -2.21. The van der Waals surface area contributed by atoms with E-state index < -0.39 is 0 Å². The molecule has 0 bridgehead atoms. The molecule has 25 heavy (non-hydrogen) atoms. The van der Waals surface area contributed by atoms with Crippen molar-refractivity contribution in [2.24, 2.45) is 0 Å². The smallest absolute Gasteiger partial charge is 0.231 e. The van der Waals surface area contributed by atoms with Gasteiger partial charge < -0.3 is 9.47 Å². The highest BCUT2D eigenvalue weighted by atomic mass is 32.2. The van der Waals surface area contributed by atoms with Gasteiger partial charge in [-0.3, -0.25) is 0 Å². The molecule has 124 valence electrons. The zero-order valence-electron chi connectivity index (χ0n) is 14.0. The Morgan fingerprint density at radius 1 is 0.800 bits per heavy atom. The van der Waals surface area contributed by atoms with E-state index in [1.54, 1.807) is 0 Å². The summed E-state index contributed by atoms with van der Waals surface area (Å²) in [4.78, 5) is 2.76. The van der Waals surface area contributed by atoms with Gasteiger partial charge in [0.25, 0.3) is 0 Å². The summed E-state index contributed by atoms with van der Waals surface area (Å²) in [6.45, 7) is 2.58. The molecule has 1 unspecified atom stereocenters. The fourth-order valence-electron chi connectivity index (χ4n) is 3.55. The second kappa shape index (κ2) is 5.85. The third kappa shape index (κ3) is 2.59. The molecule has 0 N–H and O–H groups in total. The van der Waals surface area contributed by atoms with Crippen molar-refractivity contribution < 1.29 is 9.47 Å². The highest BCUT2D eigenvalue weighted by Crippen LogP contribution is 2.41. The van der Waals surface area contributed by atoms with Crippen LogP contribution in [0.4, 0.5) is 0 Å². The van der Waals surface area contributed by atoms with Crippen LogP contribution in [0.15, 0.2) is 70.5 Å². The van der Waals surface area contributed by atoms with Gasteiger partial charge >= 0.3 is 0 Å². The van der Waals surface area contributed by atoms with Gasteiger partial charge in [-0.1, -0.05) is 55.1 Å². The van der Waals surface area contributed by atoms with Gasteiger partial charge in [0.2, 0.25) is 6.79 Å². The summed E-state index contributed by atoms with van der Waals surface area (Å²) in [6.07, 6.45) is 1.01.